The topological polar surface area (TPSA) is 350 Å². The van der Waals surface area contributed by atoms with Gasteiger partial charge >= 0.3 is 5.97 Å². The number of amides is 7. The van der Waals surface area contributed by atoms with E-state index in [-0.39, 0.29) is 67.4 Å². The van der Waals surface area contributed by atoms with E-state index in [1.54, 1.807) is 13.8 Å². The molecule has 0 saturated carbocycles. The number of aliphatic carboxylic acids is 1. The van der Waals surface area contributed by atoms with Crippen molar-refractivity contribution in [1.29, 1.82) is 0 Å². The molecule has 0 aliphatic carbocycles. The van der Waals surface area contributed by atoms with E-state index in [0.29, 0.717) is 16.8 Å². The molecule has 7 amide bonds. The molecule has 3 aromatic rings. The second-order valence-electron chi connectivity index (χ2n) is 15.3. The van der Waals surface area contributed by atoms with Crippen LogP contribution < -0.4 is 43.4 Å². The van der Waals surface area contributed by atoms with Crippen LogP contribution in [0.3, 0.4) is 0 Å². The summed E-state index contributed by atoms with van der Waals surface area (Å²) in [6, 6.07) is 2.05. The molecule has 1 heterocycles. The highest BCUT2D eigenvalue weighted by Gasteiger charge is 2.34. The number of nitrogens with one attached hydrogen (secondary N) is 7. The zero-order valence-electron chi connectivity index (χ0n) is 35.2. The largest absolute Gasteiger partial charge is 0.508 e. The van der Waals surface area contributed by atoms with Crippen molar-refractivity contribution in [2.24, 2.45) is 17.4 Å². The molecule has 3 rings (SSSR count). The van der Waals surface area contributed by atoms with E-state index < -0.39 is 89.6 Å². The number of thiol groups is 2. The summed E-state index contributed by atoms with van der Waals surface area (Å²) in [5, 5.41) is 44.7. The normalized spacial score (nSPS) is 14.3. The number of aromatic nitrogens is 2. The molecule has 0 unspecified atom stereocenters. The standard InChI is InChI=1S/C41H56N10O11S2/c1-21(2)13-29(47-38(58)30(14-22-3-7-25(52)8-4-22)48-36(56)28(11-12-34(43)54)46-35(55)27(42)18-63)37(57)49-31(15-23-5-9-26(53)10-6-23)39(59)50-32(16-24-17-44-20-45-24)40(60)51-33(19-64)41(61)62/h3-10,17,20-21,27-33,52-53,63-64H,11-16,18-19,42H2,1-2H3,(H2,43,54)(H,44,45)(H,46,55)(H,47,58)(H,48,56)(H,49,57)(H,50,59)(H,51,60)(H,61,62)/t27-,28-,29-,30-,31-,32-,33-/m0/s1. The van der Waals surface area contributed by atoms with Crippen molar-refractivity contribution < 1.29 is 53.7 Å². The number of H-pyrrole nitrogens is 1. The van der Waals surface area contributed by atoms with Gasteiger partial charge in [0, 0.05) is 49.1 Å². The quantitative estimate of drug-likeness (QED) is 0.0402. The van der Waals surface area contributed by atoms with Crippen molar-refractivity contribution in [3.05, 3.63) is 77.9 Å². The summed E-state index contributed by atoms with van der Waals surface area (Å²) < 4.78 is 0. The number of phenolic OH excluding ortho intramolecular Hbond substituents is 2. The Kier molecular flexibility index (Phi) is 20.9. The summed E-state index contributed by atoms with van der Waals surface area (Å²) in [6.07, 6.45) is 1.69. The SMILES string of the molecule is CC(C)C[C@H](NC(=O)[C@H](Cc1ccc(O)cc1)NC(=O)[C@H](CCC(N)=O)NC(=O)[C@@H](N)CS)C(=O)N[C@@H](Cc1ccc(O)cc1)C(=O)N[C@@H](Cc1cnc[nH]1)C(=O)N[C@@H](CS)C(=O)O. The molecule has 1 aromatic heterocycles. The van der Waals surface area contributed by atoms with Crippen LogP contribution in [0, 0.1) is 5.92 Å². The number of carboxylic acid groups (broad SMARTS) is 1. The Bertz CT molecular complexity index is 2060. The van der Waals surface area contributed by atoms with Crippen molar-refractivity contribution in [3.63, 3.8) is 0 Å². The van der Waals surface area contributed by atoms with Gasteiger partial charge in [0.05, 0.1) is 12.4 Å². The van der Waals surface area contributed by atoms with Crippen molar-refractivity contribution >= 4 is 72.6 Å². The van der Waals surface area contributed by atoms with Crippen LogP contribution in [0.4, 0.5) is 0 Å². The molecule has 0 aliphatic heterocycles. The van der Waals surface area contributed by atoms with E-state index in [1.165, 1.54) is 61.1 Å². The third-order valence-electron chi connectivity index (χ3n) is 9.61. The first-order chi connectivity index (χ1) is 30.3. The Hall–Kier alpha value is -6.33. The highest BCUT2D eigenvalue weighted by molar-refractivity contribution is 7.80. The van der Waals surface area contributed by atoms with Gasteiger partial charge < -0.3 is 63.7 Å². The van der Waals surface area contributed by atoms with Crippen LogP contribution in [0.1, 0.15) is 49.9 Å². The molecule has 14 N–H and O–H groups in total. The van der Waals surface area contributed by atoms with Crippen molar-refractivity contribution in [2.45, 2.75) is 94.7 Å². The van der Waals surface area contributed by atoms with Crippen LogP contribution in [0.2, 0.25) is 0 Å². The molecule has 348 valence electrons. The van der Waals surface area contributed by atoms with Gasteiger partial charge in [-0.15, -0.1) is 0 Å². The molecule has 0 bridgehead atoms. The maximum Gasteiger partial charge on any atom is 0.327 e. The van der Waals surface area contributed by atoms with Gasteiger partial charge in [0.25, 0.3) is 0 Å². The number of rotatable bonds is 26. The number of nitrogens with two attached hydrogens (primary N) is 2. The number of phenols is 2. The Labute approximate surface area is 379 Å². The first kappa shape index (κ1) is 52.0. The molecule has 0 fully saturated rings. The van der Waals surface area contributed by atoms with Crippen molar-refractivity contribution in [1.82, 2.24) is 41.9 Å². The monoisotopic (exact) mass is 928 g/mol. The predicted octanol–water partition coefficient (Wildman–Crippen LogP) is -1.66. The minimum Gasteiger partial charge on any atom is -0.508 e. The summed E-state index contributed by atoms with van der Waals surface area (Å²) in [5.74, 6) is -7.89. The maximum atomic E-state index is 14.3. The van der Waals surface area contributed by atoms with E-state index in [0.717, 1.165) is 0 Å². The van der Waals surface area contributed by atoms with Gasteiger partial charge in [0.1, 0.15) is 47.8 Å². The molecule has 23 heteroatoms. The second kappa shape index (κ2) is 25.7. The molecule has 2 aromatic carbocycles. The minimum absolute atomic E-state index is 0.0229. The summed E-state index contributed by atoms with van der Waals surface area (Å²) in [7, 11) is 0. The van der Waals surface area contributed by atoms with Gasteiger partial charge in [-0.3, -0.25) is 33.6 Å². The number of carboxylic acids is 1. The summed E-state index contributed by atoms with van der Waals surface area (Å²) in [4.78, 5) is 113. The lowest BCUT2D eigenvalue weighted by atomic mass is 9.99. The number of carbonyl (C=O) groups excluding carboxylic acids is 7. The van der Waals surface area contributed by atoms with Crippen LogP contribution in [-0.4, -0.2) is 126 Å². The Morgan fingerprint density at radius 2 is 1.05 bits per heavy atom. The second-order valence-corrected chi connectivity index (χ2v) is 16.1. The average Bonchev–Trinajstić information content (AvgIpc) is 3.77. The molecule has 0 aliphatic rings. The van der Waals surface area contributed by atoms with Crippen molar-refractivity contribution in [2.75, 3.05) is 11.5 Å². The number of aromatic hydroxyl groups is 2. The lowest BCUT2D eigenvalue weighted by molar-refractivity contribution is -0.141. The van der Waals surface area contributed by atoms with E-state index in [1.807, 2.05) is 0 Å². The number of carbonyl (C=O) groups is 8. The Morgan fingerprint density at radius 3 is 1.45 bits per heavy atom. The third-order valence-corrected chi connectivity index (χ3v) is 10.4. The summed E-state index contributed by atoms with van der Waals surface area (Å²) in [6.45, 7) is 3.55. The highest BCUT2D eigenvalue weighted by Crippen LogP contribution is 2.15. The molecular weight excluding hydrogens is 873 g/mol. The smallest absolute Gasteiger partial charge is 0.327 e. The number of imidazole rings is 1. The zero-order valence-corrected chi connectivity index (χ0v) is 36.9. The molecule has 7 atom stereocenters. The van der Waals surface area contributed by atoms with Gasteiger partial charge in [-0.25, -0.2) is 9.78 Å². The molecule has 0 spiro atoms. The number of benzene rings is 2. The summed E-state index contributed by atoms with van der Waals surface area (Å²) in [5.41, 5.74) is 12.5. The molecular formula is C41H56N10O11S2. The molecule has 0 saturated heterocycles. The van der Waals surface area contributed by atoms with Crippen molar-refractivity contribution in [3.8, 4) is 11.5 Å². The highest BCUT2D eigenvalue weighted by atomic mass is 32.1. The molecule has 0 radical (unpaired) electrons. The van der Waals surface area contributed by atoms with Crippen LogP contribution in [-0.2, 0) is 57.6 Å². The van der Waals surface area contributed by atoms with Gasteiger partial charge in [-0.1, -0.05) is 38.1 Å². The Balaban J connectivity index is 1.97. The predicted molar refractivity (Wildman–Crippen MR) is 239 cm³/mol. The van der Waals surface area contributed by atoms with Gasteiger partial charge in [-0.05, 0) is 54.2 Å². The lowest BCUT2D eigenvalue weighted by Gasteiger charge is -2.28. The van der Waals surface area contributed by atoms with E-state index >= 15 is 0 Å². The van der Waals surface area contributed by atoms with Crippen LogP contribution in [0.15, 0.2) is 61.1 Å². The number of primary amides is 1. The summed E-state index contributed by atoms with van der Waals surface area (Å²) >= 11 is 8.01. The van der Waals surface area contributed by atoms with Gasteiger partial charge in [0.2, 0.25) is 41.4 Å². The van der Waals surface area contributed by atoms with Crippen LogP contribution in [0.25, 0.3) is 0 Å². The van der Waals surface area contributed by atoms with E-state index in [9.17, 15) is 53.7 Å². The molecule has 64 heavy (non-hydrogen) atoms. The van der Waals surface area contributed by atoms with Crippen LogP contribution in [0.5, 0.6) is 11.5 Å². The fourth-order valence-electron chi connectivity index (χ4n) is 6.15. The van der Waals surface area contributed by atoms with Gasteiger partial charge in [-0.2, -0.15) is 25.3 Å². The number of hydrogen-bond acceptors (Lipinski definition) is 14. The van der Waals surface area contributed by atoms with E-state index in [2.05, 4.69) is 67.1 Å². The van der Waals surface area contributed by atoms with Gasteiger partial charge in [0.15, 0.2) is 0 Å². The number of aromatic amines is 1. The fraction of sp³-hybridized carbons (Fsp3) is 0.439. The lowest BCUT2D eigenvalue weighted by Crippen LogP contribution is -2.60. The minimum atomic E-state index is -1.42. The number of hydrogen-bond donors (Lipinski definition) is 14. The zero-order chi connectivity index (χ0) is 47.5. The number of nitrogens with zero attached hydrogens (tertiary/aromatic N) is 1. The third kappa shape index (κ3) is 17.4. The maximum absolute atomic E-state index is 14.3. The first-order valence-corrected chi connectivity index (χ1v) is 21.4. The Morgan fingerprint density at radius 1 is 0.625 bits per heavy atom. The van der Waals surface area contributed by atoms with E-state index in [4.69, 9.17) is 11.5 Å². The molecule has 21 nitrogen and oxygen atoms in total. The average molecular weight is 929 g/mol. The fourth-order valence-corrected chi connectivity index (χ4v) is 6.56. The first-order valence-electron chi connectivity index (χ1n) is 20.1. The van der Waals surface area contributed by atoms with Crippen LogP contribution >= 0.6 is 25.3 Å².